The second-order valence-electron chi connectivity index (χ2n) is 6.66. The molecule has 0 bridgehead atoms. The van der Waals surface area contributed by atoms with Gasteiger partial charge in [0.15, 0.2) is 11.5 Å². The van der Waals surface area contributed by atoms with Crippen LogP contribution in [0.1, 0.15) is 11.1 Å². The third kappa shape index (κ3) is 5.90. The van der Waals surface area contributed by atoms with E-state index in [0.29, 0.717) is 39.6 Å². The molecule has 162 valence electrons. The van der Waals surface area contributed by atoms with E-state index >= 15 is 0 Å². The number of nitrogens with one attached hydrogen (secondary N) is 1. The number of nitrogens with zero attached hydrogens (tertiary/aromatic N) is 1. The summed E-state index contributed by atoms with van der Waals surface area (Å²) in [5.41, 5.74) is 2.14. The van der Waals surface area contributed by atoms with E-state index in [4.69, 9.17) is 14.2 Å². The Morgan fingerprint density at radius 3 is 2.41 bits per heavy atom. The van der Waals surface area contributed by atoms with Gasteiger partial charge < -0.3 is 19.5 Å². The highest BCUT2D eigenvalue weighted by Gasteiger charge is 2.14. The second kappa shape index (κ2) is 11.0. The molecule has 7 heteroatoms. The van der Waals surface area contributed by atoms with Gasteiger partial charge in [0.2, 0.25) is 0 Å². The highest BCUT2D eigenvalue weighted by molar-refractivity contribution is 9.10. The summed E-state index contributed by atoms with van der Waals surface area (Å²) >= 11 is 3.50. The summed E-state index contributed by atoms with van der Waals surface area (Å²) in [5, 5.41) is 12.2. The molecule has 0 radical (unpaired) electrons. The zero-order valence-electron chi connectivity index (χ0n) is 17.6. The summed E-state index contributed by atoms with van der Waals surface area (Å²) in [4.78, 5) is 12.6. The Morgan fingerprint density at radius 1 is 1.06 bits per heavy atom. The Labute approximate surface area is 195 Å². The van der Waals surface area contributed by atoms with E-state index in [2.05, 4.69) is 21.2 Å². The first-order valence-electron chi connectivity index (χ1n) is 9.65. The molecule has 0 aliphatic heterocycles. The van der Waals surface area contributed by atoms with Crippen LogP contribution in [-0.2, 0) is 11.4 Å². The molecule has 1 N–H and O–H groups in total. The van der Waals surface area contributed by atoms with Gasteiger partial charge in [-0.2, -0.15) is 5.26 Å². The summed E-state index contributed by atoms with van der Waals surface area (Å²) in [6.07, 6.45) is 1.49. The van der Waals surface area contributed by atoms with Crippen molar-refractivity contribution < 1.29 is 19.0 Å². The lowest BCUT2D eigenvalue weighted by Gasteiger charge is -2.14. The first-order chi connectivity index (χ1) is 15.5. The van der Waals surface area contributed by atoms with Gasteiger partial charge in [0.1, 0.15) is 24.0 Å². The van der Waals surface area contributed by atoms with E-state index in [0.717, 1.165) is 5.56 Å². The molecule has 0 saturated heterocycles. The van der Waals surface area contributed by atoms with Gasteiger partial charge in [-0.1, -0.05) is 30.3 Å². The summed E-state index contributed by atoms with van der Waals surface area (Å²) in [7, 11) is 3.10. The van der Waals surface area contributed by atoms with E-state index in [1.165, 1.54) is 13.2 Å². The minimum absolute atomic E-state index is 0.0484. The lowest BCUT2D eigenvalue weighted by atomic mass is 10.1. The highest BCUT2D eigenvalue weighted by Crippen LogP contribution is 2.37. The quantitative estimate of drug-likeness (QED) is 0.327. The molecule has 0 heterocycles. The lowest BCUT2D eigenvalue weighted by molar-refractivity contribution is -0.112. The summed E-state index contributed by atoms with van der Waals surface area (Å²) < 4.78 is 17.1. The number of amides is 1. The maximum absolute atomic E-state index is 12.6. The van der Waals surface area contributed by atoms with Crippen LogP contribution in [0.4, 0.5) is 5.69 Å². The number of benzene rings is 3. The number of ether oxygens (including phenoxy) is 3. The van der Waals surface area contributed by atoms with Gasteiger partial charge in [-0.05, 0) is 69.5 Å². The van der Waals surface area contributed by atoms with E-state index in [-0.39, 0.29) is 5.57 Å². The number of hydrogen-bond donors (Lipinski definition) is 1. The van der Waals surface area contributed by atoms with Gasteiger partial charge in [-0.15, -0.1) is 0 Å². The van der Waals surface area contributed by atoms with E-state index in [1.807, 2.05) is 36.4 Å². The largest absolute Gasteiger partial charge is 0.497 e. The smallest absolute Gasteiger partial charge is 0.266 e. The molecule has 32 heavy (non-hydrogen) atoms. The highest BCUT2D eigenvalue weighted by atomic mass is 79.9. The van der Waals surface area contributed by atoms with Crippen LogP contribution >= 0.6 is 15.9 Å². The lowest BCUT2D eigenvalue weighted by Crippen LogP contribution is -2.13. The maximum Gasteiger partial charge on any atom is 0.266 e. The van der Waals surface area contributed by atoms with Crippen LogP contribution in [0.2, 0.25) is 0 Å². The molecule has 1 amide bonds. The third-order valence-electron chi connectivity index (χ3n) is 4.50. The molecule has 3 aromatic carbocycles. The van der Waals surface area contributed by atoms with Crippen molar-refractivity contribution >= 4 is 33.6 Å². The zero-order valence-corrected chi connectivity index (χ0v) is 19.2. The molecular weight excluding hydrogens is 472 g/mol. The van der Waals surface area contributed by atoms with E-state index in [1.54, 1.807) is 43.5 Å². The maximum atomic E-state index is 12.6. The van der Waals surface area contributed by atoms with Gasteiger partial charge in [0.25, 0.3) is 5.91 Å². The van der Waals surface area contributed by atoms with Crippen LogP contribution in [0, 0.1) is 11.3 Å². The zero-order chi connectivity index (χ0) is 22.9. The Morgan fingerprint density at radius 2 is 1.78 bits per heavy atom. The van der Waals surface area contributed by atoms with Crippen molar-refractivity contribution in [1.82, 2.24) is 0 Å². The molecular formula is C25H21BrN2O4. The van der Waals surface area contributed by atoms with Crippen molar-refractivity contribution in [1.29, 1.82) is 5.26 Å². The minimum Gasteiger partial charge on any atom is -0.497 e. The Bertz CT molecular complexity index is 1150. The van der Waals surface area contributed by atoms with Crippen molar-refractivity contribution in [2.24, 2.45) is 0 Å². The number of carbonyl (C=O) groups excluding carboxylic acids is 1. The van der Waals surface area contributed by atoms with Gasteiger partial charge in [-0.25, -0.2) is 0 Å². The van der Waals surface area contributed by atoms with Crippen LogP contribution in [0.3, 0.4) is 0 Å². The Kier molecular flexibility index (Phi) is 7.90. The molecule has 0 spiro atoms. The normalized spacial score (nSPS) is 10.8. The fourth-order valence-electron chi connectivity index (χ4n) is 2.88. The molecule has 0 aliphatic carbocycles. The summed E-state index contributed by atoms with van der Waals surface area (Å²) in [6.45, 7) is 0.374. The first-order valence-corrected chi connectivity index (χ1v) is 10.4. The van der Waals surface area contributed by atoms with Gasteiger partial charge in [-0.3, -0.25) is 4.79 Å². The SMILES string of the molecule is COc1ccc(NC(=O)/C(C#N)=C\c2cc(Br)c(OCc3ccccc3)c(OC)c2)cc1. The average Bonchev–Trinajstić information content (AvgIpc) is 2.82. The van der Waals surface area contributed by atoms with Crippen molar-refractivity contribution in [3.8, 4) is 23.3 Å². The molecule has 3 rings (SSSR count). The van der Waals surface area contributed by atoms with Crippen molar-refractivity contribution in [3.63, 3.8) is 0 Å². The van der Waals surface area contributed by atoms with Crippen LogP contribution in [-0.4, -0.2) is 20.1 Å². The summed E-state index contributed by atoms with van der Waals surface area (Å²) in [6, 6.07) is 22.0. The van der Waals surface area contributed by atoms with Crippen molar-refractivity contribution in [2.45, 2.75) is 6.61 Å². The first kappa shape index (κ1) is 22.9. The number of carbonyl (C=O) groups is 1. The van der Waals surface area contributed by atoms with E-state index in [9.17, 15) is 10.1 Å². The summed E-state index contributed by atoms with van der Waals surface area (Å²) in [5.74, 6) is 1.17. The number of nitriles is 1. The average molecular weight is 493 g/mol. The molecule has 0 saturated carbocycles. The number of rotatable bonds is 8. The Balaban J connectivity index is 1.79. The van der Waals surface area contributed by atoms with Crippen molar-refractivity contribution in [2.75, 3.05) is 19.5 Å². The van der Waals surface area contributed by atoms with Crippen LogP contribution in [0.5, 0.6) is 17.2 Å². The molecule has 0 fully saturated rings. The third-order valence-corrected chi connectivity index (χ3v) is 5.09. The number of methoxy groups -OCH3 is 2. The fourth-order valence-corrected chi connectivity index (χ4v) is 3.46. The molecule has 3 aromatic rings. The number of halogens is 1. The second-order valence-corrected chi connectivity index (χ2v) is 7.52. The molecule has 6 nitrogen and oxygen atoms in total. The van der Waals surface area contributed by atoms with Gasteiger partial charge in [0.05, 0.1) is 18.7 Å². The predicted molar refractivity (Wildman–Crippen MR) is 127 cm³/mol. The number of anilines is 1. The fraction of sp³-hybridized carbons (Fsp3) is 0.120. The van der Waals surface area contributed by atoms with Crippen molar-refractivity contribution in [3.05, 3.63) is 87.9 Å². The molecule has 0 atom stereocenters. The van der Waals surface area contributed by atoms with Crippen LogP contribution in [0.15, 0.2) is 76.8 Å². The van der Waals surface area contributed by atoms with Crippen LogP contribution in [0.25, 0.3) is 6.08 Å². The monoisotopic (exact) mass is 492 g/mol. The minimum atomic E-state index is -0.517. The van der Waals surface area contributed by atoms with Gasteiger partial charge in [0, 0.05) is 5.69 Å². The molecule has 0 unspecified atom stereocenters. The van der Waals surface area contributed by atoms with Crippen LogP contribution < -0.4 is 19.5 Å². The number of hydrogen-bond acceptors (Lipinski definition) is 5. The Hall–Kier alpha value is -3.76. The van der Waals surface area contributed by atoms with E-state index < -0.39 is 5.91 Å². The topological polar surface area (TPSA) is 80.6 Å². The standard InChI is InChI=1S/C25H21BrN2O4/c1-30-21-10-8-20(9-11-21)28-25(29)19(15-27)12-18-13-22(26)24(23(14-18)31-2)32-16-17-6-4-3-5-7-17/h3-14H,16H2,1-2H3,(H,28,29)/b19-12-. The molecule has 0 aliphatic rings. The van der Waals surface area contributed by atoms with Gasteiger partial charge >= 0.3 is 0 Å². The molecule has 0 aromatic heterocycles. The predicted octanol–water partition coefficient (Wildman–Crippen LogP) is 5.59.